The zero-order valence-corrected chi connectivity index (χ0v) is 9.12. The van der Waals surface area contributed by atoms with E-state index < -0.39 is 0 Å². The predicted molar refractivity (Wildman–Crippen MR) is 53.5 cm³/mol. The molecule has 14 heavy (non-hydrogen) atoms. The minimum atomic E-state index is -0.225. The largest absolute Gasteiger partial charge is 0.469 e. The lowest BCUT2D eigenvalue weighted by molar-refractivity contribution is -0.140. The van der Waals surface area contributed by atoms with Crippen LogP contribution in [0.15, 0.2) is 0 Å². The second-order valence-electron chi connectivity index (χ2n) is 3.61. The average Bonchev–Trinajstić information content (AvgIpc) is 2.13. The van der Waals surface area contributed by atoms with Gasteiger partial charge in [-0.25, -0.2) is 0 Å². The molecule has 0 fully saturated rings. The fourth-order valence-electron chi connectivity index (χ4n) is 1.20. The summed E-state index contributed by atoms with van der Waals surface area (Å²) in [7, 11) is 1.37. The Hall–Kier alpha value is -1.08. The first-order valence-corrected chi connectivity index (χ1v) is 4.76. The van der Waals surface area contributed by atoms with Crippen molar-refractivity contribution in [1.82, 2.24) is 4.90 Å². The number of nitriles is 1. The van der Waals surface area contributed by atoms with Crippen LogP contribution >= 0.6 is 0 Å². The fourth-order valence-corrected chi connectivity index (χ4v) is 1.20. The first-order valence-electron chi connectivity index (χ1n) is 4.76. The van der Waals surface area contributed by atoms with E-state index in [0.717, 1.165) is 6.54 Å². The van der Waals surface area contributed by atoms with Crippen molar-refractivity contribution in [3.05, 3.63) is 0 Å². The van der Waals surface area contributed by atoms with Gasteiger partial charge in [-0.1, -0.05) is 13.8 Å². The standard InChI is InChI=1S/C10H18N2O2/c1-9(2)8-12(7-5-11)6-4-10(13)14-3/h9H,4,6-8H2,1-3H3. The van der Waals surface area contributed by atoms with E-state index in [1.807, 2.05) is 4.90 Å². The molecular formula is C10H18N2O2. The molecule has 0 aliphatic heterocycles. The number of hydrogen-bond donors (Lipinski definition) is 0. The molecule has 0 rings (SSSR count). The van der Waals surface area contributed by atoms with Crippen molar-refractivity contribution in [2.45, 2.75) is 20.3 Å². The van der Waals surface area contributed by atoms with E-state index in [4.69, 9.17) is 5.26 Å². The molecule has 0 aliphatic carbocycles. The Morgan fingerprint density at radius 1 is 1.57 bits per heavy atom. The molecule has 0 saturated heterocycles. The number of ether oxygens (including phenoxy) is 1. The van der Waals surface area contributed by atoms with Crippen LogP contribution in [0.25, 0.3) is 0 Å². The van der Waals surface area contributed by atoms with Gasteiger partial charge in [0, 0.05) is 13.1 Å². The third-order valence-electron chi connectivity index (χ3n) is 1.78. The molecule has 0 bridgehead atoms. The van der Waals surface area contributed by atoms with Crippen LogP contribution in [0.5, 0.6) is 0 Å². The molecule has 0 unspecified atom stereocenters. The molecule has 80 valence electrons. The predicted octanol–water partition coefficient (Wildman–Crippen LogP) is 1.03. The summed E-state index contributed by atoms with van der Waals surface area (Å²) >= 11 is 0. The molecule has 0 N–H and O–H groups in total. The second kappa shape index (κ2) is 7.34. The number of hydrogen-bond acceptors (Lipinski definition) is 4. The Morgan fingerprint density at radius 3 is 2.64 bits per heavy atom. The number of methoxy groups -OCH3 is 1. The third kappa shape index (κ3) is 6.44. The van der Waals surface area contributed by atoms with Crippen LogP contribution < -0.4 is 0 Å². The lowest BCUT2D eigenvalue weighted by Gasteiger charge is -2.20. The molecule has 0 aromatic carbocycles. The van der Waals surface area contributed by atoms with Gasteiger partial charge in [-0.15, -0.1) is 0 Å². The SMILES string of the molecule is COC(=O)CCN(CC#N)CC(C)C. The van der Waals surface area contributed by atoms with Crippen LogP contribution in [0.3, 0.4) is 0 Å². The number of nitrogens with zero attached hydrogens (tertiary/aromatic N) is 2. The number of carbonyl (C=O) groups excluding carboxylic acids is 1. The van der Waals surface area contributed by atoms with Crippen LogP contribution in [-0.2, 0) is 9.53 Å². The zero-order valence-electron chi connectivity index (χ0n) is 9.12. The summed E-state index contributed by atoms with van der Waals surface area (Å²) in [4.78, 5) is 12.8. The molecule has 0 saturated carbocycles. The molecule has 0 aromatic heterocycles. The molecule has 0 heterocycles. The highest BCUT2D eigenvalue weighted by Gasteiger charge is 2.09. The Balaban J connectivity index is 3.85. The molecule has 0 spiro atoms. The quantitative estimate of drug-likeness (QED) is 0.472. The van der Waals surface area contributed by atoms with Gasteiger partial charge in [0.15, 0.2) is 0 Å². The van der Waals surface area contributed by atoms with E-state index in [-0.39, 0.29) is 5.97 Å². The minimum Gasteiger partial charge on any atom is -0.469 e. The second-order valence-corrected chi connectivity index (χ2v) is 3.61. The Morgan fingerprint density at radius 2 is 2.21 bits per heavy atom. The van der Waals surface area contributed by atoms with Gasteiger partial charge < -0.3 is 4.74 Å². The van der Waals surface area contributed by atoms with E-state index in [1.54, 1.807) is 0 Å². The van der Waals surface area contributed by atoms with Crippen molar-refractivity contribution in [3.63, 3.8) is 0 Å². The van der Waals surface area contributed by atoms with Crippen molar-refractivity contribution >= 4 is 5.97 Å². The molecule has 4 heteroatoms. The van der Waals surface area contributed by atoms with Crippen LogP contribution in [-0.4, -0.2) is 37.6 Å². The molecule has 0 aliphatic rings. The summed E-state index contributed by atoms with van der Waals surface area (Å²) < 4.78 is 4.54. The summed E-state index contributed by atoms with van der Waals surface area (Å²) in [6, 6.07) is 2.09. The van der Waals surface area contributed by atoms with Crippen LogP contribution in [0, 0.1) is 17.2 Å². The Bertz CT molecular complexity index is 209. The van der Waals surface area contributed by atoms with Crippen LogP contribution in [0.1, 0.15) is 20.3 Å². The first-order chi connectivity index (χ1) is 6.60. The maximum Gasteiger partial charge on any atom is 0.306 e. The molecule has 0 atom stereocenters. The first kappa shape index (κ1) is 12.9. The average molecular weight is 198 g/mol. The molecular weight excluding hydrogens is 180 g/mol. The van der Waals surface area contributed by atoms with E-state index in [9.17, 15) is 4.79 Å². The Kier molecular flexibility index (Phi) is 6.77. The van der Waals surface area contributed by atoms with E-state index in [1.165, 1.54) is 7.11 Å². The van der Waals surface area contributed by atoms with Gasteiger partial charge in [0.1, 0.15) is 0 Å². The summed E-state index contributed by atoms with van der Waals surface area (Å²) in [6.07, 6.45) is 0.352. The molecule has 4 nitrogen and oxygen atoms in total. The molecule has 0 amide bonds. The van der Waals surface area contributed by atoms with Crippen LogP contribution in [0.4, 0.5) is 0 Å². The highest BCUT2D eigenvalue weighted by molar-refractivity contribution is 5.69. The van der Waals surface area contributed by atoms with Gasteiger partial charge in [0.05, 0.1) is 26.1 Å². The van der Waals surface area contributed by atoms with Gasteiger partial charge >= 0.3 is 5.97 Å². The summed E-state index contributed by atoms with van der Waals surface area (Å²) in [5.41, 5.74) is 0. The normalized spacial score (nSPS) is 10.3. The van der Waals surface area contributed by atoms with Gasteiger partial charge in [-0.2, -0.15) is 5.26 Å². The summed E-state index contributed by atoms with van der Waals surface area (Å²) in [5, 5.41) is 8.56. The number of esters is 1. The minimum absolute atomic E-state index is 0.225. The monoisotopic (exact) mass is 198 g/mol. The molecule has 0 radical (unpaired) electrons. The third-order valence-corrected chi connectivity index (χ3v) is 1.78. The fraction of sp³-hybridized carbons (Fsp3) is 0.800. The van der Waals surface area contributed by atoms with E-state index in [2.05, 4.69) is 24.7 Å². The van der Waals surface area contributed by atoms with E-state index in [0.29, 0.717) is 25.4 Å². The smallest absolute Gasteiger partial charge is 0.306 e. The van der Waals surface area contributed by atoms with Gasteiger partial charge in [-0.05, 0) is 5.92 Å². The van der Waals surface area contributed by atoms with Crippen molar-refractivity contribution < 1.29 is 9.53 Å². The van der Waals surface area contributed by atoms with Crippen molar-refractivity contribution in [2.24, 2.45) is 5.92 Å². The zero-order chi connectivity index (χ0) is 11.0. The van der Waals surface area contributed by atoms with Crippen LogP contribution in [0.2, 0.25) is 0 Å². The van der Waals surface area contributed by atoms with Gasteiger partial charge in [-0.3, -0.25) is 9.69 Å². The highest BCUT2D eigenvalue weighted by Crippen LogP contribution is 1.99. The van der Waals surface area contributed by atoms with Gasteiger partial charge in [0.2, 0.25) is 0 Å². The van der Waals surface area contributed by atoms with Crippen molar-refractivity contribution in [1.29, 1.82) is 5.26 Å². The number of carbonyl (C=O) groups is 1. The van der Waals surface area contributed by atoms with Crippen molar-refractivity contribution in [3.8, 4) is 6.07 Å². The maximum absolute atomic E-state index is 10.9. The van der Waals surface area contributed by atoms with Gasteiger partial charge in [0.25, 0.3) is 0 Å². The molecule has 0 aromatic rings. The lowest BCUT2D eigenvalue weighted by Crippen LogP contribution is -2.30. The highest BCUT2D eigenvalue weighted by atomic mass is 16.5. The summed E-state index contributed by atoms with van der Waals surface area (Å²) in [5.74, 6) is 0.276. The maximum atomic E-state index is 10.9. The lowest BCUT2D eigenvalue weighted by atomic mass is 10.2. The van der Waals surface area contributed by atoms with Crippen molar-refractivity contribution in [2.75, 3.05) is 26.7 Å². The Labute approximate surface area is 85.5 Å². The van der Waals surface area contributed by atoms with E-state index >= 15 is 0 Å². The summed E-state index contributed by atoms with van der Waals surface area (Å²) in [6.45, 7) is 5.98. The number of rotatable bonds is 6. The topological polar surface area (TPSA) is 53.3 Å².